The summed E-state index contributed by atoms with van der Waals surface area (Å²) in [6.07, 6.45) is 4.32. The van der Waals surface area contributed by atoms with Crippen LogP contribution in [0.25, 0.3) is 0 Å². The predicted molar refractivity (Wildman–Crippen MR) is 58.9 cm³/mol. The van der Waals surface area contributed by atoms with E-state index in [-0.39, 0.29) is 0 Å². The van der Waals surface area contributed by atoms with Crippen LogP contribution in [0.3, 0.4) is 0 Å². The van der Waals surface area contributed by atoms with Crippen LogP contribution in [-0.4, -0.2) is 24.7 Å². The highest BCUT2D eigenvalue weighted by molar-refractivity contribution is 7.15. The second-order valence-corrected chi connectivity index (χ2v) is 4.96. The number of thiazole rings is 1. The molecule has 2 heterocycles. The van der Waals surface area contributed by atoms with Crippen molar-refractivity contribution in [3.8, 4) is 0 Å². The first-order valence-electron chi connectivity index (χ1n) is 5.08. The molecule has 0 aliphatic carbocycles. The Labute approximate surface area is 88.5 Å². The minimum absolute atomic E-state index is 0.753. The van der Waals surface area contributed by atoms with Gasteiger partial charge in [-0.05, 0) is 25.7 Å². The van der Waals surface area contributed by atoms with Gasteiger partial charge in [0.25, 0.3) is 0 Å². The van der Waals surface area contributed by atoms with E-state index in [9.17, 15) is 0 Å². The van der Waals surface area contributed by atoms with Crippen molar-refractivity contribution in [2.45, 2.75) is 19.8 Å². The van der Waals surface area contributed by atoms with Crippen LogP contribution in [0.15, 0.2) is 6.20 Å². The first-order chi connectivity index (χ1) is 6.84. The van der Waals surface area contributed by atoms with E-state index in [2.05, 4.69) is 17.2 Å². The standard InChI is InChI=1S/C10H16N2OS/c1-8-6-12-10(14-8)11-4-2-9-3-5-13-7-9/h6,9H,2-5,7H2,1H3,(H,11,12). The van der Waals surface area contributed by atoms with Gasteiger partial charge in [0.05, 0.1) is 0 Å². The SMILES string of the molecule is Cc1cnc(NCCC2CCOC2)s1. The molecular weight excluding hydrogens is 196 g/mol. The van der Waals surface area contributed by atoms with Crippen molar-refractivity contribution in [1.29, 1.82) is 0 Å². The molecule has 0 amide bonds. The summed E-state index contributed by atoms with van der Waals surface area (Å²) in [5, 5.41) is 4.39. The minimum Gasteiger partial charge on any atom is -0.381 e. The molecule has 1 saturated heterocycles. The Bertz CT molecular complexity index is 281. The fourth-order valence-electron chi connectivity index (χ4n) is 1.63. The average Bonchev–Trinajstić information content (AvgIpc) is 2.77. The molecule has 0 radical (unpaired) electrons. The van der Waals surface area contributed by atoms with Crippen LogP contribution in [0.4, 0.5) is 5.13 Å². The zero-order valence-electron chi connectivity index (χ0n) is 8.45. The Morgan fingerprint density at radius 3 is 3.29 bits per heavy atom. The van der Waals surface area contributed by atoms with Crippen LogP contribution >= 0.6 is 11.3 Å². The third kappa shape index (κ3) is 2.69. The molecule has 2 rings (SSSR count). The lowest BCUT2D eigenvalue weighted by Gasteiger charge is -2.06. The fraction of sp³-hybridized carbons (Fsp3) is 0.700. The van der Waals surface area contributed by atoms with Gasteiger partial charge >= 0.3 is 0 Å². The highest BCUT2D eigenvalue weighted by Crippen LogP contribution is 2.19. The molecule has 3 nitrogen and oxygen atoms in total. The van der Waals surface area contributed by atoms with Gasteiger partial charge in [0.15, 0.2) is 5.13 Å². The number of nitrogens with zero attached hydrogens (tertiary/aromatic N) is 1. The number of rotatable bonds is 4. The normalized spacial score (nSPS) is 21.4. The van der Waals surface area contributed by atoms with E-state index < -0.39 is 0 Å². The topological polar surface area (TPSA) is 34.2 Å². The predicted octanol–water partition coefficient (Wildman–Crippen LogP) is 2.29. The highest BCUT2D eigenvalue weighted by Gasteiger charge is 2.14. The van der Waals surface area contributed by atoms with Gasteiger partial charge in [-0.1, -0.05) is 0 Å². The Balaban J connectivity index is 1.67. The third-order valence-electron chi connectivity index (χ3n) is 2.47. The fourth-order valence-corrected chi connectivity index (χ4v) is 2.32. The molecule has 1 unspecified atom stereocenters. The molecule has 1 aliphatic rings. The molecule has 1 aromatic heterocycles. The monoisotopic (exact) mass is 212 g/mol. The molecular formula is C10H16N2OS. The highest BCUT2D eigenvalue weighted by atomic mass is 32.1. The van der Waals surface area contributed by atoms with E-state index in [1.807, 2.05) is 6.20 Å². The van der Waals surface area contributed by atoms with E-state index in [0.717, 1.165) is 30.8 Å². The number of hydrogen-bond acceptors (Lipinski definition) is 4. The molecule has 4 heteroatoms. The molecule has 78 valence electrons. The molecule has 1 atom stereocenters. The molecule has 0 aromatic carbocycles. The van der Waals surface area contributed by atoms with Gasteiger partial charge in [0.1, 0.15) is 0 Å². The van der Waals surface area contributed by atoms with E-state index >= 15 is 0 Å². The molecule has 14 heavy (non-hydrogen) atoms. The lowest BCUT2D eigenvalue weighted by atomic mass is 10.1. The molecule has 0 bridgehead atoms. The Kier molecular flexibility index (Phi) is 3.37. The maximum atomic E-state index is 5.32. The van der Waals surface area contributed by atoms with E-state index in [4.69, 9.17) is 4.74 Å². The largest absolute Gasteiger partial charge is 0.381 e. The maximum Gasteiger partial charge on any atom is 0.182 e. The summed E-state index contributed by atoms with van der Waals surface area (Å²) in [5.74, 6) is 0.753. The number of ether oxygens (including phenoxy) is 1. The maximum absolute atomic E-state index is 5.32. The van der Waals surface area contributed by atoms with Crippen LogP contribution in [0.2, 0.25) is 0 Å². The van der Waals surface area contributed by atoms with E-state index in [1.165, 1.54) is 17.7 Å². The Hall–Kier alpha value is -0.610. The summed E-state index contributed by atoms with van der Waals surface area (Å²) < 4.78 is 5.32. The lowest BCUT2D eigenvalue weighted by molar-refractivity contribution is 0.185. The molecule has 0 saturated carbocycles. The van der Waals surface area contributed by atoms with Crippen LogP contribution in [0.1, 0.15) is 17.7 Å². The zero-order chi connectivity index (χ0) is 9.80. The van der Waals surface area contributed by atoms with Crippen molar-refractivity contribution >= 4 is 16.5 Å². The Morgan fingerprint density at radius 1 is 1.71 bits per heavy atom. The van der Waals surface area contributed by atoms with Crippen molar-refractivity contribution in [2.75, 3.05) is 25.1 Å². The van der Waals surface area contributed by atoms with Gasteiger partial charge in [0, 0.05) is 30.8 Å². The van der Waals surface area contributed by atoms with Crippen LogP contribution in [0, 0.1) is 12.8 Å². The molecule has 1 aromatic rings. The molecule has 0 spiro atoms. The van der Waals surface area contributed by atoms with E-state index in [1.54, 1.807) is 11.3 Å². The number of aryl methyl sites for hydroxylation is 1. The quantitative estimate of drug-likeness (QED) is 0.831. The van der Waals surface area contributed by atoms with Gasteiger partial charge in [-0.2, -0.15) is 0 Å². The van der Waals surface area contributed by atoms with Crippen molar-refractivity contribution in [3.63, 3.8) is 0 Å². The second kappa shape index (κ2) is 4.75. The Morgan fingerprint density at radius 2 is 2.64 bits per heavy atom. The number of aromatic nitrogens is 1. The summed E-state index contributed by atoms with van der Waals surface area (Å²) >= 11 is 1.72. The molecule has 1 N–H and O–H groups in total. The summed E-state index contributed by atoms with van der Waals surface area (Å²) in [6.45, 7) is 4.98. The number of hydrogen-bond donors (Lipinski definition) is 1. The van der Waals surface area contributed by atoms with Gasteiger partial charge in [-0.3, -0.25) is 0 Å². The second-order valence-electron chi connectivity index (χ2n) is 3.72. The summed E-state index contributed by atoms with van der Waals surface area (Å²) in [6, 6.07) is 0. The van der Waals surface area contributed by atoms with Crippen molar-refractivity contribution < 1.29 is 4.74 Å². The van der Waals surface area contributed by atoms with Crippen molar-refractivity contribution in [1.82, 2.24) is 4.98 Å². The first kappa shape index (κ1) is 9.93. The minimum atomic E-state index is 0.753. The summed E-state index contributed by atoms with van der Waals surface area (Å²) in [7, 11) is 0. The smallest absolute Gasteiger partial charge is 0.182 e. The number of nitrogens with one attached hydrogen (secondary N) is 1. The van der Waals surface area contributed by atoms with Crippen LogP contribution in [0.5, 0.6) is 0 Å². The third-order valence-corrected chi connectivity index (χ3v) is 3.34. The van der Waals surface area contributed by atoms with Crippen LogP contribution in [-0.2, 0) is 4.74 Å². The average molecular weight is 212 g/mol. The molecule has 1 fully saturated rings. The molecule has 1 aliphatic heterocycles. The van der Waals surface area contributed by atoms with Crippen LogP contribution < -0.4 is 5.32 Å². The number of anilines is 1. The van der Waals surface area contributed by atoms with Gasteiger partial charge < -0.3 is 10.1 Å². The zero-order valence-corrected chi connectivity index (χ0v) is 9.27. The van der Waals surface area contributed by atoms with Gasteiger partial charge in [0.2, 0.25) is 0 Å². The summed E-state index contributed by atoms with van der Waals surface area (Å²) in [4.78, 5) is 5.52. The van der Waals surface area contributed by atoms with Crippen molar-refractivity contribution in [3.05, 3.63) is 11.1 Å². The summed E-state index contributed by atoms with van der Waals surface area (Å²) in [5.41, 5.74) is 0. The lowest BCUT2D eigenvalue weighted by Crippen LogP contribution is -2.08. The van der Waals surface area contributed by atoms with Gasteiger partial charge in [-0.15, -0.1) is 11.3 Å². The van der Waals surface area contributed by atoms with Gasteiger partial charge in [-0.25, -0.2) is 4.98 Å². The first-order valence-corrected chi connectivity index (χ1v) is 5.90. The van der Waals surface area contributed by atoms with Crippen molar-refractivity contribution in [2.24, 2.45) is 5.92 Å². The van der Waals surface area contributed by atoms with E-state index in [0.29, 0.717) is 0 Å².